The number of fused-ring (bicyclic) bond motifs is 2. The molecule has 5 aromatic rings. The average molecular weight is 518 g/mol. The second kappa shape index (κ2) is 9.02. The number of alkyl halides is 3. The Bertz CT molecular complexity index is 1670. The molecule has 0 bridgehead atoms. The van der Waals surface area contributed by atoms with Gasteiger partial charge in [0.1, 0.15) is 0 Å². The molecular formula is C27H22F3N7O. The van der Waals surface area contributed by atoms with E-state index in [2.05, 4.69) is 25.2 Å². The number of nitrogens with one attached hydrogen (secondary N) is 1. The molecular weight excluding hydrogens is 495 g/mol. The van der Waals surface area contributed by atoms with Crippen LogP contribution in [0, 0.1) is 6.92 Å². The maximum absolute atomic E-state index is 13.6. The number of halogens is 3. The molecule has 0 aliphatic carbocycles. The van der Waals surface area contributed by atoms with Crippen LogP contribution < -0.4 is 10.2 Å². The highest BCUT2D eigenvalue weighted by molar-refractivity contribution is 6.05. The molecule has 1 amide bonds. The normalized spacial score (nSPS) is 13.2. The zero-order valence-electron chi connectivity index (χ0n) is 20.3. The second-order valence-corrected chi connectivity index (χ2v) is 9.21. The summed E-state index contributed by atoms with van der Waals surface area (Å²) in [6.07, 6.45) is 6.36. The third-order valence-corrected chi connectivity index (χ3v) is 6.60. The number of imidazole rings is 2. The Morgan fingerprint density at radius 3 is 2.76 bits per heavy atom. The van der Waals surface area contributed by atoms with Gasteiger partial charge in [-0.1, -0.05) is 6.07 Å². The molecule has 0 saturated heterocycles. The lowest BCUT2D eigenvalue weighted by Gasteiger charge is -2.20. The van der Waals surface area contributed by atoms with Gasteiger partial charge in [-0.25, -0.2) is 9.97 Å². The highest BCUT2D eigenvalue weighted by atomic mass is 19.4. The van der Waals surface area contributed by atoms with Crippen LogP contribution in [0.15, 0.2) is 73.7 Å². The van der Waals surface area contributed by atoms with Gasteiger partial charge < -0.3 is 14.8 Å². The smallest absolute Gasteiger partial charge is 0.365 e. The number of hydrogen-bond acceptors (Lipinski definition) is 5. The number of nitrogens with zero attached hydrogens (tertiary/aromatic N) is 6. The van der Waals surface area contributed by atoms with E-state index in [9.17, 15) is 18.0 Å². The van der Waals surface area contributed by atoms with Crippen molar-refractivity contribution in [2.45, 2.75) is 26.1 Å². The van der Waals surface area contributed by atoms with Gasteiger partial charge in [0.05, 0.1) is 42.2 Å². The van der Waals surface area contributed by atoms with Crippen molar-refractivity contribution >= 4 is 22.9 Å². The van der Waals surface area contributed by atoms with Gasteiger partial charge in [-0.15, -0.1) is 0 Å². The van der Waals surface area contributed by atoms with Gasteiger partial charge in [-0.05, 0) is 49.2 Å². The molecule has 0 spiro atoms. The predicted molar refractivity (Wildman–Crippen MR) is 135 cm³/mol. The number of hydrogen-bond donors (Lipinski definition) is 1. The maximum Gasteiger partial charge on any atom is 0.416 e. The van der Waals surface area contributed by atoms with Crippen molar-refractivity contribution in [3.63, 3.8) is 0 Å². The summed E-state index contributed by atoms with van der Waals surface area (Å²) in [5.74, 6) is -0.493. The topological polar surface area (TPSA) is 80.4 Å². The van der Waals surface area contributed by atoms with E-state index in [1.165, 1.54) is 17.0 Å². The Kier molecular flexibility index (Phi) is 5.63. The first kappa shape index (κ1) is 23.7. The molecule has 0 fully saturated rings. The lowest BCUT2D eigenvalue weighted by Crippen LogP contribution is -2.21. The van der Waals surface area contributed by atoms with Gasteiger partial charge in [0.2, 0.25) is 0 Å². The van der Waals surface area contributed by atoms with Crippen LogP contribution >= 0.6 is 0 Å². The molecule has 3 aromatic heterocycles. The first-order valence-electron chi connectivity index (χ1n) is 11.9. The van der Waals surface area contributed by atoms with E-state index in [0.717, 1.165) is 47.7 Å². The number of carbonyl (C=O) groups excluding carboxylic acids is 1. The van der Waals surface area contributed by atoms with Crippen molar-refractivity contribution < 1.29 is 18.0 Å². The van der Waals surface area contributed by atoms with Crippen molar-refractivity contribution in [2.24, 2.45) is 0 Å². The van der Waals surface area contributed by atoms with Crippen LogP contribution in [-0.2, 0) is 19.1 Å². The minimum Gasteiger partial charge on any atom is -0.365 e. The van der Waals surface area contributed by atoms with E-state index in [1.54, 1.807) is 43.8 Å². The first-order valence-corrected chi connectivity index (χ1v) is 11.9. The van der Waals surface area contributed by atoms with Crippen LogP contribution in [0.2, 0.25) is 0 Å². The SMILES string of the molecule is Cc1cn(-c2cc(NC(=O)c3ccc4c(c3)N(Cc3cnc5cnccn35)CC4)cc(C(F)(F)F)c2)cn1. The molecule has 0 saturated carbocycles. The lowest BCUT2D eigenvalue weighted by molar-refractivity contribution is -0.137. The molecule has 1 N–H and O–H groups in total. The molecule has 1 aliphatic rings. The fraction of sp³-hybridized carbons (Fsp3) is 0.185. The Balaban J connectivity index is 1.27. The molecule has 11 heteroatoms. The number of rotatable bonds is 5. The third kappa shape index (κ3) is 4.47. The van der Waals surface area contributed by atoms with E-state index in [-0.39, 0.29) is 11.4 Å². The monoisotopic (exact) mass is 517 g/mol. The highest BCUT2D eigenvalue weighted by Gasteiger charge is 2.32. The highest BCUT2D eigenvalue weighted by Crippen LogP contribution is 2.34. The summed E-state index contributed by atoms with van der Waals surface area (Å²) in [5, 5.41) is 2.65. The molecule has 1 aliphatic heterocycles. The van der Waals surface area contributed by atoms with Crippen LogP contribution in [0.5, 0.6) is 0 Å². The summed E-state index contributed by atoms with van der Waals surface area (Å²) in [4.78, 5) is 27.9. The molecule has 0 atom stereocenters. The van der Waals surface area contributed by atoms with Crippen LogP contribution in [0.3, 0.4) is 0 Å². The predicted octanol–water partition coefficient (Wildman–Crippen LogP) is 5.06. The molecule has 2 aromatic carbocycles. The van der Waals surface area contributed by atoms with Gasteiger partial charge in [0, 0.05) is 47.8 Å². The summed E-state index contributed by atoms with van der Waals surface area (Å²) in [6.45, 7) is 3.11. The van der Waals surface area contributed by atoms with Gasteiger partial charge >= 0.3 is 6.18 Å². The zero-order valence-corrected chi connectivity index (χ0v) is 20.3. The minimum atomic E-state index is -4.58. The Labute approximate surface area is 215 Å². The Hall–Kier alpha value is -4.67. The Morgan fingerprint density at radius 2 is 1.97 bits per heavy atom. The summed E-state index contributed by atoms with van der Waals surface area (Å²) in [5.41, 5.74) is 4.21. The van der Waals surface area contributed by atoms with Gasteiger partial charge in [0.15, 0.2) is 5.65 Å². The number of aryl methyl sites for hydroxylation is 1. The standard InChI is InChI=1S/C27H22F3N7O/c1-17-14-36(16-33-17)22-10-20(27(28,29)30)9-21(11-22)34-26(38)19-3-2-18-4-6-35(24(18)8-19)15-23-12-32-25-13-31-5-7-37(23)25/h2-3,5,7-14,16H,4,6,15H2,1H3,(H,34,38). The van der Waals surface area contributed by atoms with Crippen LogP contribution in [0.4, 0.5) is 24.5 Å². The van der Waals surface area contributed by atoms with Crippen LogP contribution in [-0.4, -0.2) is 36.4 Å². The number of carbonyl (C=O) groups is 1. The van der Waals surface area contributed by atoms with Crippen LogP contribution in [0.25, 0.3) is 11.3 Å². The quantitative estimate of drug-likeness (QED) is 0.353. The molecule has 4 heterocycles. The van der Waals surface area contributed by atoms with Crippen molar-refractivity contribution in [3.05, 3.63) is 102 Å². The van der Waals surface area contributed by atoms with Crippen molar-refractivity contribution in [2.75, 3.05) is 16.8 Å². The number of amides is 1. The summed E-state index contributed by atoms with van der Waals surface area (Å²) < 4.78 is 44.3. The third-order valence-electron chi connectivity index (χ3n) is 6.60. The molecule has 6 rings (SSSR count). The molecule has 8 nitrogen and oxygen atoms in total. The number of anilines is 2. The van der Waals surface area contributed by atoms with Crippen LogP contribution in [0.1, 0.15) is 32.9 Å². The first-order chi connectivity index (χ1) is 18.2. The Morgan fingerprint density at radius 1 is 1.11 bits per heavy atom. The van der Waals surface area contributed by atoms with Gasteiger partial charge in [-0.3, -0.25) is 14.2 Å². The van der Waals surface area contributed by atoms with E-state index in [4.69, 9.17) is 0 Å². The summed E-state index contributed by atoms with van der Waals surface area (Å²) in [6, 6.07) is 8.84. The summed E-state index contributed by atoms with van der Waals surface area (Å²) in [7, 11) is 0. The van der Waals surface area contributed by atoms with E-state index >= 15 is 0 Å². The molecule has 192 valence electrons. The van der Waals surface area contributed by atoms with Crippen molar-refractivity contribution in [1.82, 2.24) is 23.9 Å². The van der Waals surface area contributed by atoms with Crippen molar-refractivity contribution in [1.29, 1.82) is 0 Å². The van der Waals surface area contributed by atoms with E-state index in [1.807, 2.05) is 16.7 Å². The average Bonchev–Trinajstić information content (AvgIpc) is 3.62. The summed E-state index contributed by atoms with van der Waals surface area (Å²) >= 11 is 0. The lowest BCUT2D eigenvalue weighted by atomic mass is 10.1. The largest absolute Gasteiger partial charge is 0.416 e. The maximum atomic E-state index is 13.6. The second-order valence-electron chi connectivity index (χ2n) is 9.21. The van der Waals surface area contributed by atoms with Gasteiger partial charge in [0.25, 0.3) is 5.91 Å². The molecule has 0 unspecified atom stereocenters. The minimum absolute atomic E-state index is 0.0443. The zero-order chi connectivity index (χ0) is 26.4. The van der Waals surface area contributed by atoms with E-state index in [0.29, 0.717) is 17.8 Å². The number of aromatic nitrogens is 5. The molecule has 0 radical (unpaired) electrons. The fourth-order valence-electron chi connectivity index (χ4n) is 4.72. The molecule has 38 heavy (non-hydrogen) atoms. The fourth-order valence-corrected chi connectivity index (χ4v) is 4.72. The number of benzene rings is 2. The van der Waals surface area contributed by atoms with Crippen molar-refractivity contribution in [3.8, 4) is 5.69 Å². The van der Waals surface area contributed by atoms with Gasteiger partial charge in [-0.2, -0.15) is 13.2 Å². The van der Waals surface area contributed by atoms with E-state index < -0.39 is 17.6 Å².